The highest BCUT2D eigenvalue weighted by Gasteiger charge is 2.10. The summed E-state index contributed by atoms with van der Waals surface area (Å²) in [6.07, 6.45) is 6.38. The molecule has 0 spiro atoms. The van der Waals surface area contributed by atoms with E-state index in [4.69, 9.17) is 0 Å². The topological polar surface area (TPSA) is 101 Å². The van der Waals surface area contributed by atoms with Gasteiger partial charge in [0.15, 0.2) is 5.13 Å². The Labute approximate surface area is 160 Å². The standard InChI is InChI=1S/C18H20N6O2S/c25-16(20-7-4-9-24-10-8-19-13-24)11-15-12-27-18(22-15)23-17(26)21-14-5-2-1-3-6-14/h1-3,5-6,8,10,12-13H,4,7,9,11H2,(H,20,25)(H2,21,22,23,26). The summed E-state index contributed by atoms with van der Waals surface area (Å²) in [5.41, 5.74) is 1.32. The van der Waals surface area contributed by atoms with Crippen LogP contribution in [-0.2, 0) is 17.8 Å². The number of benzene rings is 1. The predicted molar refractivity (Wildman–Crippen MR) is 105 cm³/mol. The van der Waals surface area contributed by atoms with Gasteiger partial charge in [0.25, 0.3) is 0 Å². The third kappa shape index (κ3) is 6.23. The molecule has 3 amide bonds. The first-order valence-electron chi connectivity index (χ1n) is 8.49. The third-order valence-corrected chi connectivity index (χ3v) is 4.43. The quantitative estimate of drug-likeness (QED) is 0.520. The number of rotatable bonds is 8. The van der Waals surface area contributed by atoms with E-state index in [2.05, 4.69) is 25.9 Å². The van der Waals surface area contributed by atoms with Gasteiger partial charge in [-0.3, -0.25) is 10.1 Å². The Balaban J connectivity index is 1.38. The van der Waals surface area contributed by atoms with E-state index in [1.54, 1.807) is 30.0 Å². The van der Waals surface area contributed by atoms with Crippen molar-refractivity contribution in [3.8, 4) is 0 Å². The third-order valence-electron chi connectivity index (χ3n) is 3.62. The Hall–Kier alpha value is -3.20. The Kier molecular flexibility index (Phi) is 6.53. The highest BCUT2D eigenvalue weighted by Crippen LogP contribution is 2.16. The van der Waals surface area contributed by atoms with E-state index in [-0.39, 0.29) is 18.4 Å². The van der Waals surface area contributed by atoms with Crippen molar-refractivity contribution in [1.82, 2.24) is 19.9 Å². The average Bonchev–Trinajstić information content (AvgIpc) is 3.32. The van der Waals surface area contributed by atoms with Crippen molar-refractivity contribution in [3.05, 3.63) is 60.1 Å². The number of aromatic nitrogens is 3. The molecule has 1 aromatic carbocycles. The van der Waals surface area contributed by atoms with E-state index in [1.807, 2.05) is 29.0 Å². The van der Waals surface area contributed by atoms with Gasteiger partial charge in [-0.25, -0.2) is 14.8 Å². The molecule has 0 atom stereocenters. The molecule has 3 N–H and O–H groups in total. The van der Waals surface area contributed by atoms with E-state index in [0.717, 1.165) is 13.0 Å². The predicted octanol–water partition coefficient (Wildman–Crippen LogP) is 2.73. The molecule has 140 valence electrons. The number of urea groups is 1. The van der Waals surface area contributed by atoms with E-state index in [0.29, 0.717) is 23.1 Å². The molecule has 0 radical (unpaired) electrons. The van der Waals surface area contributed by atoms with Crippen LogP contribution >= 0.6 is 11.3 Å². The number of aryl methyl sites for hydroxylation is 1. The molecule has 0 aliphatic rings. The van der Waals surface area contributed by atoms with Crippen LogP contribution in [0.5, 0.6) is 0 Å². The number of carbonyl (C=O) groups excluding carboxylic acids is 2. The summed E-state index contributed by atoms with van der Waals surface area (Å²) in [5.74, 6) is -0.0915. The van der Waals surface area contributed by atoms with Gasteiger partial charge in [0.1, 0.15) is 0 Å². The zero-order valence-corrected chi connectivity index (χ0v) is 15.4. The lowest BCUT2D eigenvalue weighted by atomic mass is 10.3. The van der Waals surface area contributed by atoms with Crippen LogP contribution in [0, 0.1) is 0 Å². The smallest absolute Gasteiger partial charge is 0.325 e. The molecule has 0 aliphatic heterocycles. The summed E-state index contributed by atoms with van der Waals surface area (Å²) in [5, 5.41) is 10.5. The molecule has 0 saturated heterocycles. The van der Waals surface area contributed by atoms with E-state index in [9.17, 15) is 9.59 Å². The van der Waals surface area contributed by atoms with Crippen LogP contribution in [-0.4, -0.2) is 33.0 Å². The van der Waals surface area contributed by atoms with Crippen molar-refractivity contribution < 1.29 is 9.59 Å². The zero-order valence-electron chi connectivity index (χ0n) is 14.6. The second kappa shape index (κ2) is 9.48. The van der Waals surface area contributed by atoms with Gasteiger partial charge in [0, 0.05) is 36.6 Å². The zero-order chi connectivity index (χ0) is 18.9. The highest BCUT2D eigenvalue weighted by molar-refractivity contribution is 7.14. The van der Waals surface area contributed by atoms with Crippen LogP contribution in [0.4, 0.5) is 15.6 Å². The Morgan fingerprint density at radius 3 is 2.78 bits per heavy atom. The number of carbonyl (C=O) groups is 2. The maximum atomic E-state index is 12.0. The molecule has 3 rings (SSSR count). The average molecular weight is 384 g/mol. The molecular formula is C18H20N6O2S. The van der Waals surface area contributed by atoms with Crippen LogP contribution in [0.25, 0.3) is 0 Å². The molecule has 2 aromatic heterocycles. The van der Waals surface area contributed by atoms with Crippen molar-refractivity contribution in [2.24, 2.45) is 0 Å². The summed E-state index contributed by atoms with van der Waals surface area (Å²) in [7, 11) is 0. The number of hydrogen-bond acceptors (Lipinski definition) is 5. The first kappa shape index (κ1) is 18.6. The first-order chi connectivity index (χ1) is 13.2. The van der Waals surface area contributed by atoms with Gasteiger partial charge in [-0.1, -0.05) is 18.2 Å². The maximum Gasteiger partial charge on any atom is 0.325 e. The minimum Gasteiger partial charge on any atom is -0.356 e. The number of nitrogens with one attached hydrogen (secondary N) is 3. The second-order valence-electron chi connectivity index (χ2n) is 5.77. The Morgan fingerprint density at radius 2 is 2.00 bits per heavy atom. The summed E-state index contributed by atoms with van der Waals surface area (Å²) < 4.78 is 1.96. The minimum absolute atomic E-state index is 0.0915. The van der Waals surface area contributed by atoms with Crippen molar-refractivity contribution in [2.75, 3.05) is 17.2 Å². The number of amides is 3. The van der Waals surface area contributed by atoms with Gasteiger partial charge in [-0.2, -0.15) is 0 Å². The van der Waals surface area contributed by atoms with Gasteiger partial charge in [0.05, 0.1) is 18.4 Å². The van der Waals surface area contributed by atoms with Crippen LogP contribution in [0.2, 0.25) is 0 Å². The molecular weight excluding hydrogens is 364 g/mol. The summed E-state index contributed by atoms with van der Waals surface area (Å²) in [6, 6.07) is 8.77. The number of thiazole rings is 1. The van der Waals surface area contributed by atoms with Gasteiger partial charge in [0.2, 0.25) is 5.91 Å². The second-order valence-corrected chi connectivity index (χ2v) is 6.63. The van der Waals surface area contributed by atoms with Crippen LogP contribution < -0.4 is 16.0 Å². The molecule has 0 bridgehead atoms. The van der Waals surface area contributed by atoms with Gasteiger partial charge >= 0.3 is 6.03 Å². The first-order valence-corrected chi connectivity index (χ1v) is 9.37. The molecule has 0 fully saturated rings. The monoisotopic (exact) mass is 384 g/mol. The number of para-hydroxylation sites is 1. The Bertz CT molecular complexity index is 863. The van der Waals surface area contributed by atoms with Crippen molar-refractivity contribution in [3.63, 3.8) is 0 Å². The summed E-state index contributed by atoms with van der Waals surface area (Å²) >= 11 is 1.28. The molecule has 27 heavy (non-hydrogen) atoms. The lowest BCUT2D eigenvalue weighted by Crippen LogP contribution is -2.27. The fraction of sp³-hybridized carbons (Fsp3) is 0.222. The lowest BCUT2D eigenvalue weighted by molar-refractivity contribution is -0.120. The fourth-order valence-electron chi connectivity index (χ4n) is 2.36. The summed E-state index contributed by atoms with van der Waals surface area (Å²) in [4.78, 5) is 32.2. The summed E-state index contributed by atoms with van der Waals surface area (Å²) in [6.45, 7) is 1.40. The van der Waals surface area contributed by atoms with Crippen LogP contribution in [0.1, 0.15) is 12.1 Å². The molecule has 0 saturated carbocycles. The van der Waals surface area contributed by atoms with E-state index < -0.39 is 0 Å². The lowest BCUT2D eigenvalue weighted by Gasteiger charge is -2.05. The molecule has 0 aliphatic carbocycles. The fourth-order valence-corrected chi connectivity index (χ4v) is 3.07. The van der Waals surface area contributed by atoms with Crippen LogP contribution in [0.15, 0.2) is 54.4 Å². The van der Waals surface area contributed by atoms with Crippen molar-refractivity contribution >= 4 is 34.1 Å². The van der Waals surface area contributed by atoms with Gasteiger partial charge < -0.3 is 15.2 Å². The number of imidazole rings is 1. The number of anilines is 2. The van der Waals surface area contributed by atoms with Crippen molar-refractivity contribution in [1.29, 1.82) is 0 Å². The molecule has 3 aromatic rings. The number of hydrogen-bond donors (Lipinski definition) is 3. The normalized spacial score (nSPS) is 10.4. The van der Waals surface area contributed by atoms with Crippen LogP contribution in [0.3, 0.4) is 0 Å². The molecule has 2 heterocycles. The van der Waals surface area contributed by atoms with E-state index >= 15 is 0 Å². The largest absolute Gasteiger partial charge is 0.356 e. The maximum absolute atomic E-state index is 12.0. The number of nitrogens with zero attached hydrogens (tertiary/aromatic N) is 3. The highest BCUT2D eigenvalue weighted by atomic mass is 32.1. The van der Waals surface area contributed by atoms with Gasteiger partial charge in [-0.05, 0) is 18.6 Å². The minimum atomic E-state index is -0.369. The molecule has 8 nitrogen and oxygen atoms in total. The SMILES string of the molecule is O=C(Cc1csc(NC(=O)Nc2ccccc2)n1)NCCCn1ccnc1. The van der Waals surface area contributed by atoms with Gasteiger partial charge in [-0.15, -0.1) is 11.3 Å². The van der Waals surface area contributed by atoms with Crippen molar-refractivity contribution in [2.45, 2.75) is 19.4 Å². The Morgan fingerprint density at radius 1 is 1.15 bits per heavy atom. The van der Waals surface area contributed by atoms with E-state index in [1.165, 1.54) is 11.3 Å². The molecule has 0 unspecified atom stereocenters. The molecule has 9 heteroatoms.